The Hall–Kier alpha value is -3.12. The molecule has 5 aliphatic rings. The number of thiazole rings is 1. The first-order valence-corrected chi connectivity index (χ1v) is 16.5. The molecule has 10 nitrogen and oxygen atoms in total. The average Bonchev–Trinajstić information content (AvgIpc) is 3.76. The maximum atomic E-state index is 14.1. The molecule has 0 unspecified atom stereocenters. The van der Waals surface area contributed by atoms with Gasteiger partial charge in [0.2, 0.25) is 11.8 Å². The second-order valence-electron chi connectivity index (χ2n) is 13.6. The molecule has 2 amide bonds. The number of carbonyl (C=O) groups is 2. The number of aliphatic hydroxyl groups excluding tert-OH is 1. The van der Waals surface area contributed by atoms with Gasteiger partial charge in [0.25, 0.3) is 0 Å². The number of aliphatic hydroxyl groups is 1. The van der Waals surface area contributed by atoms with Gasteiger partial charge in [0, 0.05) is 29.9 Å². The SMILES string of the molecule is Cc1ncsc1-c1ccc([C@H](C)NC(=O)[C@@H]2C[C@@H](O)CN2C(=O)[C@@H](c2cc(C34CC(C5OCCO5)(C3)C4)no2)C(C)C)cc1. The van der Waals surface area contributed by atoms with Gasteiger partial charge in [-0.05, 0) is 50.2 Å². The monoisotopic (exact) mass is 620 g/mol. The third-order valence-electron chi connectivity index (χ3n) is 10.1. The van der Waals surface area contributed by atoms with Crippen molar-refractivity contribution in [1.82, 2.24) is 20.4 Å². The molecule has 8 rings (SSSR count). The molecule has 5 fully saturated rings. The highest BCUT2D eigenvalue weighted by Gasteiger charge is 2.73. The van der Waals surface area contributed by atoms with Gasteiger partial charge in [0.1, 0.15) is 17.7 Å². The van der Waals surface area contributed by atoms with Crippen molar-refractivity contribution < 1.29 is 28.7 Å². The second kappa shape index (κ2) is 11.0. The summed E-state index contributed by atoms with van der Waals surface area (Å²) in [5.74, 6) is -0.694. The lowest BCUT2D eigenvalue weighted by molar-refractivity contribution is -0.273. The van der Waals surface area contributed by atoms with Gasteiger partial charge in [-0.1, -0.05) is 43.3 Å². The van der Waals surface area contributed by atoms with Crippen molar-refractivity contribution in [2.45, 2.75) is 89.2 Å². The zero-order valence-corrected chi connectivity index (χ0v) is 26.4. The largest absolute Gasteiger partial charge is 0.391 e. The summed E-state index contributed by atoms with van der Waals surface area (Å²) in [6.07, 6.45) is 2.13. The Morgan fingerprint density at radius 3 is 2.45 bits per heavy atom. The smallest absolute Gasteiger partial charge is 0.243 e. The first-order valence-electron chi connectivity index (χ1n) is 15.6. The highest BCUT2D eigenvalue weighted by Crippen LogP contribution is 2.75. The van der Waals surface area contributed by atoms with Crippen molar-refractivity contribution >= 4 is 23.2 Å². The number of ether oxygens (including phenoxy) is 2. The van der Waals surface area contributed by atoms with E-state index in [0.717, 1.165) is 46.7 Å². The fourth-order valence-corrected chi connectivity index (χ4v) is 8.71. The Morgan fingerprint density at radius 1 is 1.11 bits per heavy atom. The van der Waals surface area contributed by atoms with Crippen molar-refractivity contribution in [2.75, 3.05) is 19.8 Å². The molecule has 0 radical (unpaired) electrons. The quantitative estimate of drug-likeness (QED) is 0.359. The molecule has 2 bridgehead atoms. The molecular weight excluding hydrogens is 580 g/mol. The molecule has 2 aliphatic heterocycles. The van der Waals surface area contributed by atoms with Crippen LogP contribution in [-0.2, 0) is 24.5 Å². The average molecular weight is 621 g/mol. The lowest BCUT2D eigenvalue weighted by Crippen LogP contribution is -2.69. The van der Waals surface area contributed by atoms with Crippen LogP contribution >= 0.6 is 11.3 Å². The van der Waals surface area contributed by atoms with E-state index in [0.29, 0.717) is 19.0 Å². The van der Waals surface area contributed by atoms with E-state index < -0.39 is 18.1 Å². The lowest BCUT2D eigenvalue weighted by atomic mass is 9.34. The number of hydrogen-bond acceptors (Lipinski definition) is 9. The second-order valence-corrected chi connectivity index (χ2v) is 14.5. The minimum Gasteiger partial charge on any atom is -0.391 e. The Bertz CT molecular complexity index is 1520. The molecule has 2 saturated heterocycles. The summed E-state index contributed by atoms with van der Waals surface area (Å²) in [5, 5.41) is 18.1. The molecule has 234 valence electrons. The van der Waals surface area contributed by atoms with Crippen LogP contribution in [0.4, 0.5) is 0 Å². The molecule has 2 aromatic heterocycles. The summed E-state index contributed by atoms with van der Waals surface area (Å²) in [6, 6.07) is 8.97. The van der Waals surface area contributed by atoms with Crippen molar-refractivity contribution in [1.29, 1.82) is 0 Å². The number of hydrogen-bond donors (Lipinski definition) is 2. The van der Waals surface area contributed by atoms with Crippen LogP contribution in [0, 0.1) is 18.3 Å². The molecule has 4 heterocycles. The van der Waals surface area contributed by atoms with Crippen molar-refractivity contribution in [2.24, 2.45) is 11.3 Å². The predicted octanol–water partition coefficient (Wildman–Crippen LogP) is 4.48. The number of aryl methyl sites for hydroxylation is 1. The van der Waals surface area contributed by atoms with Crippen LogP contribution in [0.1, 0.15) is 81.1 Å². The minimum absolute atomic E-state index is 0.0400. The number of likely N-dealkylation sites (tertiary alicyclic amines) is 1. The van der Waals surface area contributed by atoms with E-state index in [-0.39, 0.29) is 53.9 Å². The maximum absolute atomic E-state index is 14.1. The van der Waals surface area contributed by atoms with Crippen LogP contribution in [0.3, 0.4) is 0 Å². The van der Waals surface area contributed by atoms with Crippen LogP contribution in [0.5, 0.6) is 0 Å². The van der Waals surface area contributed by atoms with Gasteiger partial charge < -0.3 is 29.3 Å². The van der Waals surface area contributed by atoms with Gasteiger partial charge in [0.15, 0.2) is 6.29 Å². The maximum Gasteiger partial charge on any atom is 0.243 e. The van der Waals surface area contributed by atoms with Gasteiger partial charge >= 0.3 is 0 Å². The zero-order valence-electron chi connectivity index (χ0n) is 25.6. The molecule has 1 aromatic carbocycles. The molecular formula is C33H40N4O6S. The van der Waals surface area contributed by atoms with Crippen molar-refractivity contribution in [3.05, 3.63) is 58.6 Å². The van der Waals surface area contributed by atoms with E-state index in [1.807, 2.05) is 63.5 Å². The minimum atomic E-state index is -0.776. The zero-order chi connectivity index (χ0) is 30.8. The Labute approximate surface area is 261 Å². The number of nitrogens with zero attached hydrogens (tertiary/aromatic N) is 3. The fraction of sp³-hybridized carbons (Fsp3) is 0.576. The predicted molar refractivity (Wildman–Crippen MR) is 163 cm³/mol. The van der Waals surface area contributed by atoms with Crippen LogP contribution < -0.4 is 5.32 Å². The topological polar surface area (TPSA) is 127 Å². The van der Waals surface area contributed by atoms with E-state index in [9.17, 15) is 14.7 Å². The normalized spacial score (nSPS) is 29.4. The standard InChI is InChI=1S/C33H40N4O6S/c1-18(2)27(25-12-26(36-43-25)32-14-33(15-32,16-32)31-41-9-10-42-31)30(40)37-13-23(38)11-24(37)29(39)35-19(3)21-5-7-22(8-6-21)28-20(4)34-17-44-28/h5-8,12,17-19,23-24,27,31,38H,9-11,13-16H2,1-4H3,(H,35,39)/t19-,23+,24-,27+,32?,33?/m0/s1. The third-order valence-corrected chi connectivity index (χ3v) is 11.1. The van der Waals surface area contributed by atoms with Crippen LogP contribution in [0.25, 0.3) is 10.4 Å². The molecule has 44 heavy (non-hydrogen) atoms. The number of aromatic nitrogens is 2. The first kappa shape index (κ1) is 29.6. The van der Waals surface area contributed by atoms with Crippen LogP contribution in [0.15, 0.2) is 40.4 Å². The fourth-order valence-electron chi connectivity index (χ4n) is 7.90. The Kier molecular flexibility index (Phi) is 7.43. The van der Waals surface area contributed by atoms with E-state index >= 15 is 0 Å². The van der Waals surface area contributed by atoms with E-state index in [2.05, 4.69) is 15.5 Å². The number of carbonyl (C=O) groups excluding carboxylic acids is 2. The third kappa shape index (κ3) is 4.88. The Balaban J connectivity index is 1.03. The van der Waals surface area contributed by atoms with Gasteiger partial charge in [-0.3, -0.25) is 9.59 Å². The summed E-state index contributed by atoms with van der Waals surface area (Å²) in [4.78, 5) is 34.6. The van der Waals surface area contributed by atoms with Crippen LogP contribution in [-0.4, -0.2) is 70.2 Å². The van der Waals surface area contributed by atoms with E-state index in [4.69, 9.17) is 14.0 Å². The highest BCUT2D eigenvalue weighted by molar-refractivity contribution is 7.13. The summed E-state index contributed by atoms with van der Waals surface area (Å²) >= 11 is 1.60. The van der Waals surface area contributed by atoms with E-state index in [1.165, 1.54) is 4.90 Å². The molecule has 0 spiro atoms. The van der Waals surface area contributed by atoms with Crippen molar-refractivity contribution in [3.63, 3.8) is 0 Å². The summed E-state index contributed by atoms with van der Waals surface area (Å²) < 4.78 is 17.4. The molecule has 3 saturated carbocycles. The molecule has 11 heteroatoms. The van der Waals surface area contributed by atoms with E-state index in [1.54, 1.807) is 11.3 Å². The number of nitrogens with one attached hydrogen (secondary N) is 1. The van der Waals surface area contributed by atoms with Crippen molar-refractivity contribution in [3.8, 4) is 10.4 Å². The number of β-amino-alcohol motifs (C(OH)–C–C–N with tert-alkyl or cyclic N) is 1. The van der Waals surface area contributed by atoms with Gasteiger partial charge in [-0.25, -0.2) is 4.98 Å². The molecule has 2 N–H and O–H groups in total. The van der Waals surface area contributed by atoms with Gasteiger partial charge in [-0.15, -0.1) is 11.3 Å². The number of amides is 2. The molecule has 4 atom stereocenters. The van der Waals surface area contributed by atoms with Gasteiger partial charge in [-0.2, -0.15) is 0 Å². The lowest BCUT2D eigenvalue weighted by Gasteiger charge is -2.70. The number of rotatable bonds is 9. The summed E-state index contributed by atoms with van der Waals surface area (Å²) in [6.45, 7) is 9.25. The summed E-state index contributed by atoms with van der Waals surface area (Å²) in [7, 11) is 0. The number of benzene rings is 1. The highest BCUT2D eigenvalue weighted by atomic mass is 32.1. The molecule has 3 aromatic rings. The first-order chi connectivity index (χ1) is 21.1. The Morgan fingerprint density at radius 2 is 1.82 bits per heavy atom. The van der Waals surface area contributed by atoms with Gasteiger partial charge in [0.05, 0.1) is 47.1 Å². The molecule has 3 aliphatic carbocycles. The summed E-state index contributed by atoms with van der Waals surface area (Å²) in [5.41, 5.74) is 5.79. The van der Waals surface area contributed by atoms with Crippen LogP contribution in [0.2, 0.25) is 0 Å².